The van der Waals surface area contributed by atoms with E-state index in [2.05, 4.69) is 4.90 Å². The number of piperidine rings is 1. The normalized spacial score (nSPS) is 34.5. The summed E-state index contributed by atoms with van der Waals surface area (Å²) >= 11 is 0. The Bertz CT molecular complexity index is 494. The quantitative estimate of drug-likeness (QED) is 0.735. The molecule has 128 valence electrons. The van der Waals surface area contributed by atoms with Gasteiger partial charge in [0.2, 0.25) is 0 Å². The van der Waals surface area contributed by atoms with Gasteiger partial charge in [0.25, 0.3) is 5.91 Å². The van der Waals surface area contributed by atoms with Crippen molar-refractivity contribution in [1.82, 2.24) is 14.7 Å². The molecule has 0 aromatic carbocycles. The first kappa shape index (κ1) is 15.4. The molecule has 1 atom stereocenters. The first-order valence-electron chi connectivity index (χ1n) is 9.50. The minimum Gasteiger partial charge on any atom is -0.310 e. The second kappa shape index (κ2) is 5.76. The van der Waals surface area contributed by atoms with E-state index in [4.69, 9.17) is 0 Å². The van der Waals surface area contributed by atoms with E-state index >= 15 is 0 Å². The number of imide groups is 1. The Morgan fingerprint density at radius 3 is 2.22 bits per heavy atom. The first-order valence-corrected chi connectivity index (χ1v) is 9.50. The Morgan fingerprint density at radius 2 is 1.57 bits per heavy atom. The minimum atomic E-state index is -0.544. The second-order valence-electron chi connectivity index (χ2n) is 8.05. The van der Waals surface area contributed by atoms with Gasteiger partial charge in [-0.1, -0.05) is 19.3 Å². The summed E-state index contributed by atoms with van der Waals surface area (Å²) in [6.07, 6.45) is 10.5. The standard InChI is InChI=1S/C18H29N3O2/c1-18-10-5-11-20(18)17(23)21(16(18)22)15-8-12-19(13-9-15)14-6-3-2-4-7-14/h14-15H,2-13H2,1H3. The monoisotopic (exact) mass is 319 g/mol. The smallest absolute Gasteiger partial charge is 0.310 e. The molecule has 3 aliphatic heterocycles. The third kappa shape index (κ3) is 2.39. The highest BCUT2D eigenvalue weighted by molar-refractivity contribution is 6.07. The van der Waals surface area contributed by atoms with Crippen LogP contribution in [0.4, 0.5) is 4.79 Å². The molecule has 0 aromatic rings. The van der Waals surface area contributed by atoms with Crippen LogP contribution >= 0.6 is 0 Å². The summed E-state index contributed by atoms with van der Waals surface area (Å²) in [4.78, 5) is 31.6. The molecule has 0 N–H and O–H groups in total. The van der Waals surface area contributed by atoms with Gasteiger partial charge in [-0.05, 0) is 45.4 Å². The number of hydrogen-bond acceptors (Lipinski definition) is 3. The van der Waals surface area contributed by atoms with Gasteiger partial charge in [0, 0.05) is 31.7 Å². The lowest BCUT2D eigenvalue weighted by Crippen LogP contribution is -2.51. The van der Waals surface area contributed by atoms with E-state index in [0.717, 1.165) is 51.4 Å². The number of carbonyl (C=O) groups is 2. The Hall–Kier alpha value is -1.10. The van der Waals surface area contributed by atoms with Crippen molar-refractivity contribution in [2.24, 2.45) is 0 Å². The van der Waals surface area contributed by atoms with Gasteiger partial charge in [0.1, 0.15) is 5.54 Å². The summed E-state index contributed by atoms with van der Waals surface area (Å²) in [6.45, 7) is 4.79. The predicted molar refractivity (Wildman–Crippen MR) is 88.1 cm³/mol. The highest BCUT2D eigenvalue weighted by atomic mass is 16.2. The summed E-state index contributed by atoms with van der Waals surface area (Å²) in [6, 6.07) is 0.846. The van der Waals surface area contributed by atoms with E-state index in [1.165, 1.54) is 32.1 Å². The van der Waals surface area contributed by atoms with Crippen LogP contribution in [0.15, 0.2) is 0 Å². The molecule has 1 unspecified atom stereocenters. The second-order valence-corrected chi connectivity index (χ2v) is 8.05. The number of likely N-dealkylation sites (tertiary alicyclic amines) is 1. The van der Waals surface area contributed by atoms with Crippen molar-refractivity contribution in [3.63, 3.8) is 0 Å². The Kier molecular flexibility index (Phi) is 3.87. The molecule has 3 amide bonds. The molecule has 1 aliphatic carbocycles. The van der Waals surface area contributed by atoms with Crippen LogP contribution in [0.2, 0.25) is 0 Å². The fraction of sp³-hybridized carbons (Fsp3) is 0.889. The summed E-state index contributed by atoms with van der Waals surface area (Å²) in [5.74, 6) is 0.0658. The fourth-order valence-corrected chi connectivity index (χ4v) is 5.25. The molecule has 0 aromatic heterocycles. The molecule has 3 saturated heterocycles. The number of carbonyl (C=O) groups excluding carboxylic acids is 2. The lowest BCUT2D eigenvalue weighted by Gasteiger charge is -2.41. The number of amides is 3. The lowest BCUT2D eigenvalue weighted by molar-refractivity contribution is -0.134. The Balaban J connectivity index is 1.41. The van der Waals surface area contributed by atoms with Gasteiger partial charge in [-0.3, -0.25) is 9.69 Å². The van der Waals surface area contributed by atoms with Crippen molar-refractivity contribution in [1.29, 1.82) is 0 Å². The van der Waals surface area contributed by atoms with Gasteiger partial charge in [-0.25, -0.2) is 4.79 Å². The molecule has 0 spiro atoms. The average Bonchev–Trinajstić information content (AvgIpc) is 3.06. The first-order chi connectivity index (χ1) is 11.1. The van der Waals surface area contributed by atoms with Crippen molar-refractivity contribution < 1.29 is 9.59 Å². The maximum atomic E-state index is 12.9. The molecule has 23 heavy (non-hydrogen) atoms. The van der Waals surface area contributed by atoms with Crippen LogP contribution in [0.1, 0.15) is 64.7 Å². The topological polar surface area (TPSA) is 43.9 Å². The number of urea groups is 1. The van der Waals surface area contributed by atoms with Crippen LogP contribution in [-0.4, -0.2) is 63.9 Å². The van der Waals surface area contributed by atoms with Crippen LogP contribution in [0, 0.1) is 0 Å². The Labute approximate surface area is 139 Å². The van der Waals surface area contributed by atoms with E-state index < -0.39 is 5.54 Å². The maximum absolute atomic E-state index is 12.9. The highest BCUT2D eigenvalue weighted by Crippen LogP contribution is 2.39. The molecule has 0 bridgehead atoms. The molecule has 4 rings (SSSR count). The fourth-order valence-electron chi connectivity index (χ4n) is 5.25. The van der Waals surface area contributed by atoms with Gasteiger partial charge >= 0.3 is 6.03 Å². The van der Waals surface area contributed by atoms with E-state index in [0.29, 0.717) is 0 Å². The zero-order valence-corrected chi connectivity index (χ0v) is 14.3. The van der Waals surface area contributed by atoms with Crippen LogP contribution in [-0.2, 0) is 4.79 Å². The predicted octanol–water partition coefficient (Wildman–Crippen LogP) is 2.60. The molecule has 1 saturated carbocycles. The van der Waals surface area contributed by atoms with Crippen molar-refractivity contribution in [2.45, 2.75) is 82.3 Å². The third-order valence-corrected chi connectivity index (χ3v) is 6.71. The summed E-state index contributed by atoms with van der Waals surface area (Å²) in [5, 5.41) is 0. The SMILES string of the molecule is CC12CCCN1C(=O)N(C1CCN(C3CCCCC3)CC1)C2=O. The zero-order valence-electron chi connectivity index (χ0n) is 14.3. The number of hydrogen-bond donors (Lipinski definition) is 0. The summed E-state index contributed by atoms with van der Waals surface area (Å²) in [7, 11) is 0. The van der Waals surface area contributed by atoms with Crippen molar-refractivity contribution in [2.75, 3.05) is 19.6 Å². The van der Waals surface area contributed by atoms with Gasteiger partial charge in [-0.2, -0.15) is 0 Å². The summed E-state index contributed by atoms with van der Waals surface area (Å²) < 4.78 is 0. The molecular weight excluding hydrogens is 290 g/mol. The molecule has 5 nitrogen and oxygen atoms in total. The average molecular weight is 319 g/mol. The van der Waals surface area contributed by atoms with Crippen molar-refractivity contribution in [3.8, 4) is 0 Å². The lowest BCUT2D eigenvalue weighted by atomic mass is 9.91. The largest absolute Gasteiger partial charge is 0.327 e. The highest BCUT2D eigenvalue weighted by Gasteiger charge is 2.58. The third-order valence-electron chi connectivity index (χ3n) is 6.71. The van der Waals surface area contributed by atoms with Crippen molar-refractivity contribution >= 4 is 11.9 Å². The van der Waals surface area contributed by atoms with E-state index in [9.17, 15) is 9.59 Å². The van der Waals surface area contributed by atoms with Gasteiger partial charge in [-0.15, -0.1) is 0 Å². The number of fused-ring (bicyclic) bond motifs is 1. The molecule has 0 radical (unpaired) electrons. The maximum Gasteiger partial charge on any atom is 0.327 e. The molecule has 4 aliphatic rings. The molecule has 3 heterocycles. The van der Waals surface area contributed by atoms with Crippen molar-refractivity contribution in [3.05, 3.63) is 0 Å². The van der Waals surface area contributed by atoms with Crippen LogP contribution in [0.5, 0.6) is 0 Å². The van der Waals surface area contributed by atoms with E-state index in [1.54, 1.807) is 4.90 Å². The summed E-state index contributed by atoms with van der Waals surface area (Å²) in [5.41, 5.74) is -0.544. The van der Waals surface area contributed by atoms with Gasteiger partial charge in [0.05, 0.1) is 0 Å². The van der Waals surface area contributed by atoms with E-state index in [1.807, 2.05) is 11.8 Å². The van der Waals surface area contributed by atoms with E-state index in [-0.39, 0.29) is 18.0 Å². The van der Waals surface area contributed by atoms with Gasteiger partial charge in [0.15, 0.2) is 0 Å². The van der Waals surface area contributed by atoms with Crippen LogP contribution < -0.4 is 0 Å². The molecular formula is C18H29N3O2. The molecule has 5 heteroatoms. The minimum absolute atomic E-state index is 0.0221. The number of rotatable bonds is 2. The molecule has 4 fully saturated rings. The van der Waals surface area contributed by atoms with Crippen LogP contribution in [0.3, 0.4) is 0 Å². The number of nitrogens with zero attached hydrogens (tertiary/aromatic N) is 3. The van der Waals surface area contributed by atoms with Gasteiger partial charge < -0.3 is 9.80 Å². The zero-order chi connectivity index (χ0) is 16.0. The van der Waals surface area contributed by atoms with Crippen LogP contribution in [0.25, 0.3) is 0 Å². The Morgan fingerprint density at radius 1 is 0.870 bits per heavy atom.